The molecule has 1 unspecified atom stereocenters. The normalized spacial score (nSPS) is 17.3. The number of thiazole rings is 1. The fourth-order valence-corrected chi connectivity index (χ4v) is 3.89. The second kappa shape index (κ2) is 5.77. The van der Waals surface area contributed by atoms with Gasteiger partial charge in [0.25, 0.3) is 0 Å². The van der Waals surface area contributed by atoms with E-state index in [-0.39, 0.29) is 0 Å². The van der Waals surface area contributed by atoms with Gasteiger partial charge in [-0.3, -0.25) is 4.79 Å². The maximum absolute atomic E-state index is 11.3. The summed E-state index contributed by atoms with van der Waals surface area (Å²) in [6.07, 6.45) is 2.53. The van der Waals surface area contributed by atoms with Crippen molar-refractivity contribution in [2.45, 2.75) is 32.1 Å². The van der Waals surface area contributed by atoms with Crippen molar-refractivity contribution < 1.29 is 9.90 Å². The van der Waals surface area contributed by atoms with Crippen LogP contribution in [0, 0.1) is 6.92 Å². The molecule has 0 fully saturated rings. The zero-order valence-corrected chi connectivity index (χ0v) is 13.9. The number of nitrogens with one attached hydrogen (secondary N) is 1. The van der Waals surface area contributed by atoms with Crippen LogP contribution in [0.15, 0.2) is 22.7 Å². The molecule has 0 radical (unpaired) electrons. The third kappa shape index (κ3) is 2.96. The Bertz CT molecular complexity index is 699. The molecular weight excluding hydrogens is 352 g/mol. The molecule has 0 bridgehead atoms. The Morgan fingerprint density at radius 1 is 1.52 bits per heavy atom. The number of aromatic nitrogens is 1. The molecule has 6 heteroatoms. The number of fused-ring (bicyclic) bond motifs is 1. The molecule has 3 rings (SSSR count). The van der Waals surface area contributed by atoms with Gasteiger partial charge >= 0.3 is 5.97 Å². The molecule has 1 aromatic carbocycles. The molecule has 2 N–H and O–H groups in total. The van der Waals surface area contributed by atoms with Crippen molar-refractivity contribution in [2.75, 3.05) is 5.32 Å². The quantitative estimate of drug-likeness (QED) is 0.841. The molecule has 1 aliphatic rings. The van der Waals surface area contributed by atoms with E-state index in [1.54, 1.807) is 11.3 Å². The molecular formula is C15H15BrN2O2S. The lowest BCUT2D eigenvalue weighted by atomic mass is 9.91. The minimum Gasteiger partial charge on any atom is -0.481 e. The highest BCUT2D eigenvalue weighted by Gasteiger charge is 2.29. The predicted octanol–water partition coefficient (Wildman–Crippen LogP) is 4.46. The SMILES string of the molecule is Cc1cc(Nc2nc3c(s2)CCCC3C(=O)O)ccc1Br. The number of carboxylic acids is 1. The van der Waals surface area contributed by atoms with Crippen molar-refractivity contribution in [1.29, 1.82) is 0 Å². The first kappa shape index (κ1) is 14.5. The van der Waals surface area contributed by atoms with Crippen LogP contribution in [0.4, 0.5) is 10.8 Å². The highest BCUT2D eigenvalue weighted by molar-refractivity contribution is 9.10. The average Bonchev–Trinajstić information content (AvgIpc) is 2.84. The van der Waals surface area contributed by atoms with E-state index in [1.807, 2.05) is 25.1 Å². The number of anilines is 2. The fraction of sp³-hybridized carbons (Fsp3) is 0.333. The van der Waals surface area contributed by atoms with Crippen molar-refractivity contribution in [3.8, 4) is 0 Å². The van der Waals surface area contributed by atoms with Gasteiger partial charge in [0.2, 0.25) is 0 Å². The Balaban J connectivity index is 1.87. The third-order valence-corrected chi connectivity index (χ3v) is 5.60. The summed E-state index contributed by atoms with van der Waals surface area (Å²) >= 11 is 5.04. The zero-order valence-electron chi connectivity index (χ0n) is 11.5. The monoisotopic (exact) mass is 366 g/mol. The van der Waals surface area contributed by atoms with Gasteiger partial charge in [-0.05, 0) is 49.9 Å². The molecule has 4 nitrogen and oxygen atoms in total. The lowest BCUT2D eigenvalue weighted by Crippen LogP contribution is -2.17. The van der Waals surface area contributed by atoms with Crippen LogP contribution in [0.1, 0.15) is 34.9 Å². The number of carboxylic acid groups (broad SMARTS) is 1. The average molecular weight is 367 g/mol. The number of halogens is 1. The van der Waals surface area contributed by atoms with E-state index in [0.29, 0.717) is 6.42 Å². The van der Waals surface area contributed by atoms with Crippen molar-refractivity contribution in [3.63, 3.8) is 0 Å². The first-order valence-corrected chi connectivity index (χ1v) is 8.41. The smallest absolute Gasteiger partial charge is 0.312 e. The van der Waals surface area contributed by atoms with Gasteiger partial charge in [-0.25, -0.2) is 4.98 Å². The van der Waals surface area contributed by atoms with Crippen LogP contribution in [-0.2, 0) is 11.2 Å². The van der Waals surface area contributed by atoms with Gasteiger partial charge in [-0.1, -0.05) is 15.9 Å². The van der Waals surface area contributed by atoms with Crippen LogP contribution in [0.3, 0.4) is 0 Å². The van der Waals surface area contributed by atoms with E-state index in [9.17, 15) is 9.90 Å². The molecule has 0 saturated carbocycles. The molecule has 0 aliphatic heterocycles. The van der Waals surface area contributed by atoms with Crippen molar-refractivity contribution >= 4 is 44.1 Å². The summed E-state index contributed by atoms with van der Waals surface area (Å²) in [7, 11) is 0. The molecule has 0 saturated heterocycles. The van der Waals surface area contributed by atoms with Crippen LogP contribution >= 0.6 is 27.3 Å². The first-order chi connectivity index (χ1) is 10.0. The summed E-state index contributed by atoms with van der Waals surface area (Å²) in [5.74, 6) is -1.22. The Morgan fingerprint density at radius 3 is 3.05 bits per heavy atom. The number of hydrogen-bond acceptors (Lipinski definition) is 4. The molecule has 110 valence electrons. The van der Waals surface area contributed by atoms with Gasteiger partial charge in [-0.2, -0.15) is 0 Å². The molecule has 0 spiro atoms. The first-order valence-electron chi connectivity index (χ1n) is 6.80. The Labute approximate surface area is 135 Å². The predicted molar refractivity (Wildman–Crippen MR) is 87.6 cm³/mol. The van der Waals surface area contributed by atoms with Crippen LogP contribution in [-0.4, -0.2) is 16.1 Å². The number of rotatable bonds is 3. The van der Waals surface area contributed by atoms with Crippen molar-refractivity contribution in [2.24, 2.45) is 0 Å². The van der Waals surface area contributed by atoms with E-state index in [2.05, 4.69) is 26.2 Å². The lowest BCUT2D eigenvalue weighted by molar-refractivity contribution is -0.139. The zero-order chi connectivity index (χ0) is 15.0. The van der Waals surface area contributed by atoms with Gasteiger partial charge in [-0.15, -0.1) is 11.3 Å². The molecule has 1 atom stereocenters. The molecule has 2 aromatic rings. The standard InChI is InChI=1S/C15H15BrN2O2S/c1-8-7-9(5-6-11(8)16)17-15-18-13-10(14(19)20)3-2-4-12(13)21-15/h5-7,10H,2-4H2,1H3,(H,17,18)(H,19,20). The minimum absolute atomic E-state index is 0.452. The minimum atomic E-state index is -0.771. The Kier molecular flexibility index (Phi) is 3.99. The second-order valence-electron chi connectivity index (χ2n) is 5.20. The van der Waals surface area contributed by atoms with E-state index in [0.717, 1.165) is 44.3 Å². The summed E-state index contributed by atoms with van der Waals surface area (Å²) in [4.78, 5) is 16.9. The summed E-state index contributed by atoms with van der Waals surface area (Å²) in [5, 5.41) is 13.3. The van der Waals surface area contributed by atoms with Gasteiger partial charge in [0.1, 0.15) is 5.92 Å². The highest BCUT2D eigenvalue weighted by Crippen LogP contribution is 2.37. The maximum Gasteiger partial charge on any atom is 0.312 e. The van der Waals surface area contributed by atoms with E-state index < -0.39 is 11.9 Å². The molecule has 1 aromatic heterocycles. The Morgan fingerprint density at radius 2 is 2.33 bits per heavy atom. The summed E-state index contributed by atoms with van der Waals surface area (Å²) in [5.41, 5.74) is 2.86. The van der Waals surface area contributed by atoms with Crippen LogP contribution in [0.5, 0.6) is 0 Å². The van der Waals surface area contributed by atoms with E-state index in [1.165, 1.54) is 0 Å². The van der Waals surface area contributed by atoms with Gasteiger partial charge in [0.05, 0.1) is 5.69 Å². The maximum atomic E-state index is 11.3. The summed E-state index contributed by atoms with van der Waals surface area (Å²) in [6, 6.07) is 6.01. The third-order valence-electron chi connectivity index (χ3n) is 3.66. The largest absolute Gasteiger partial charge is 0.481 e. The Hall–Kier alpha value is -1.40. The van der Waals surface area contributed by atoms with Gasteiger partial charge < -0.3 is 10.4 Å². The number of benzene rings is 1. The number of aliphatic carboxylic acids is 1. The molecule has 0 amide bonds. The van der Waals surface area contributed by atoms with Gasteiger partial charge in [0.15, 0.2) is 5.13 Å². The second-order valence-corrected chi connectivity index (χ2v) is 7.14. The number of aryl methyl sites for hydroxylation is 2. The number of carbonyl (C=O) groups is 1. The van der Waals surface area contributed by atoms with Crippen LogP contribution < -0.4 is 5.32 Å². The van der Waals surface area contributed by atoms with Gasteiger partial charge in [0, 0.05) is 15.0 Å². The van der Waals surface area contributed by atoms with Crippen molar-refractivity contribution in [1.82, 2.24) is 4.98 Å². The molecule has 1 aliphatic carbocycles. The summed E-state index contributed by atoms with van der Waals surface area (Å²) in [6.45, 7) is 2.03. The molecule has 21 heavy (non-hydrogen) atoms. The number of hydrogen-bond donors (Lipinski definition) is 2. The highest BCUT2D eigenvalue weighted by atomic mass is 79.9. The topological polar surface area (TPSA) is 62.2 Å². The summed E-state index contributed by atoms with van der Waals surface area (Å²) < 4.78 is 1.07. The number of nitrogens with zero attached hydrogens (tertiary/aromatic N) is 1. The van der Waals surface area contributed by atoms with Crippen LogP contribution in [0.25, 0.3) is 0 Å². The molecule has 1 heterocycles. The lowest BCUT2D eigenvalue weighted by Gasteiger charge is -2.16. The van der Waals surface area contributed by atoms with Crippen molar-refractivity contribution in [3.05, 3.63) is 38.8 Å². The van der Waals surface area contributed by atoms with Crippen LogP contribution in [0.2, 0.25) is 0 Å². The fourth-order valence-electron chi connectivity index (χ4n) is 2.56. The van der Waals surface area contributed by atoms with E-state index >= 15 is 0 Å². The van der Waals surface area contributed by atoms with E-state index in [4.69, 9.17) is 0 Å².